The van der Waals surface area contributed by atoms with Gasteiger partial charge in [0.05, 0.1) is 7.11 Å². The lowest BCUT2D eigenvalue weighted by Gasteiger charge is -2.09. The molecule has 0 aliphatic heterocycles. The summed E-state index contributed by atoms with van der Waals surface area (Å²) in [5.74, 6) is 0.444. The number of ether oxygens (including phenoxy) is 1. The molecular formula is C14H12Br2N2O2. The van der Waals surface area contributed by atoms with Gasteiger partial charge in [-0.3, -0.25) is 4.79 Å². The minimum absolute atomic E-state index is 0.217. The fourth-order valence-electron chi connectivity index (χ4n) is 1.62. The standard InChI is InChI=1S/C14H12Br2N2O2/c1-20-11-6-9(15)5-10(7-11)18-14(19)8-2-3-13(17)12(16)4-8/h2-7H,17H2,1H3,(H,18,19). The van der Waals surface area contributed by atoms with Crippen molar-refractivity contribution in [2.24, 2.45) is 0 Å². The lowest BCUT2D eigenvalue weighted by molar-refractivity contribution is 0.102. The maximum absolute atomic E-state index is 12.2. The van der Waals surface area contributed by atoms with Gasteiger partial charge in [-0.25, -0.2) is 0 Å². The minimum Gasteiger partial charge on any atom is -0.497 e. The summed E-state index contributed by atoms with van der Waals surface area (Å²) < 4.78 is 6.67. The van der Waals surface area contributed by atoms with Crippen LogP contribution in [0.3, 0.4) is 0 Å². The van der Waals surface area contributed by atoms with Crippen molar-refractivity contribution in [3.05, 3.63) is 50.9 Å². The Hall–Kier alpha value is -1.53. The van der Waals surface area contributed by atoms with Crippen molar-refractivity contribution in [2.75, 3.05) is 18.2 Å². The van der Waals surface area contributed by atoms with Crippen LogP contribution in [-0.4, -0.2) is 13.0 Å². The summed E-state index contributed by atoms with van der Waals surface area (Å²) in [5, 5.41) is 2.81. The molecule has 0 atom stereocenters. The summed E-state index contributed by atoms with van der Waals surface area (Å²) in [5.41, 5.74) is 7.45. The molecule has 0 aliphatic rings. The first-order valence-electron chi connectivity index (χ1n) is 5.70. The molecule has 0 aromatic heterocycles. The summed E-state index contributed by atoms with van der Waals surface area (Å²) >= 11 is 6.67. The Kier molecular flexibility index (Phi) is 4.67. The maximum Gasteiger partial charge on any atom is 0.255 e. The summed E-state index contributed by atoms with van der Waals surface area (Å²) in [6, 6.07) is 10.4. The molecule has 0 unspecified atom stereocenters. The first-order valence-corrected chi connectivity index (χ1v) is 7.29. The predicted octanol–water partition coefficient (Wildman–Crippen LogP) is 4.05. The van der Waals surface area contributed by atoms with Crippen molar-refractivity contribution in [1.82, 2.24) is 0 Å². The molecule has 6 heteroatoms. The highest BCUT2D eigenvalue weighted by atomic mass is 79.9. The minimum atomic E-state index is -0.217. The zero-order chi connectivity index (χ0) is 14.7. The average Bonchev–Trinajstić information content (AvgIpc) is 2.41. The van der Waals surface area contributed by atoms with Gasteiger partial charge in [0.25, 0.3) is 5.91 Å². The molecule has 1 amide bonds. The van der Waals surface area contributed by atoms with Crippen molar-refractivity contribution < 1.29 is 9.53 Å². The number of halogens is 2. The molecule has 4 nitrogen and oxygen atoms in total. The number of nitrogen functional groups attached to an aromatic ring is 1. The fraction of sp³-hybridized carbons (Fsp3) is 0.0714. The zero-order valence-electron chi connectivity index (χ0n) is 10.6. The van der Waals surface area contributed by atoms with Crippen molar-refractivity contribution in [1.29, 1.82) is 0 Å². The van der Waals surface area contributed by atoms with E-state index in [1.54, 1.807) is 37.4 Å². The molecule has 0 spiro atoms. The van der Waals surface area contributed by atoms with E-state index in [1.165, 1.54) is 0 Å². The quantitative estimate of drug-likeness (QED) is 0.765. The highest BCUT2D eigenvalue weighted by molar-refractivity contribution is 9.10. The third-order valence-electron chi connectivity index (χ3n) is 2.63. The van der Waals surface area contributed by atoms with E-state index in [0.717, 1.165) is 4.47 Å². The predicted molar refractivity (Wildman–Crippen MR) is 87.2 cm³/mol. The van der Waals surface area contributed by atoms with Crippen LogP contribution in [0.15, 0.2) is 45.3 Å². The maximum atomic E-state index is 12.2. The van der Waals surface area contributed by atoms with Gasteiger partial charge in [0.15, 0.2) is 0 Å². The van der Waals surface area contributed by atoms with Crippen molar-refractivity contribution >= 4 is 49.1 Å². The van der Waals surface area contributed by atoms with Crippen LogP contribution >= 0.6 is 31.9 Å². The van der Waals surface area contributed by atoms with Crippen LogP contribution in [0.5, 0.6) is 5.75 Å². The van der Waals surface area contributed by atoms with Crippen molar-refractivity contribution in [3.63, 3.8) is 0 Å². The van der Waals surface area contributed by atoms with Gasteiger partial charge in [-0.1, -0.05) is 15.9 Å². The van der Waals surface area contributed by atoms with Crippen LogP contribution < -0.4 is 15.8 Å². The summed E-state index contributed by atoms with van der Waals surface area (Å²) in [4.78, 5) is 12.2. The Morgan fingerprint density at radius 1 is 1.20 bits per heavy atom. The molecule has 0 fully saturated rings. The Morgan fingerprint density at radius 2 is 1.95 bits per heavy atom. The molecule has 0 aliphatic carbocycles. The smallest absolute Gasteiger partial charge is 0.255 e. The number of carbonyl (C=O) groups excluding carboxylic acids is 1. The Bertz CT molecular complexity index is 660. The van der Waals surface area contributed by atoms with Gasteiger partial charge in [-0.05, 0) is 46.3 Å². The third-order valence-corrected chi connectivity index (χ3v) is 3.77. The van der Waals surface area contributed by atoms with Gasteiger partial charge in [-0.15, -0.1) is 0 Å². The molecule has 2 aromatic rings. The number of hydrogen-bond acceptors (Lipinski definition) is 3. The molecule has 0 saturated carbocycles. The molecule has 20 heavy (non-hydrogen) atoms. The molecule has 0 heterocycles. The summed E-state index contributed by atoms with van der Waals surface area (Å²) in [7, 11) is 1.57. The molecule has 0 bridgehead atoms. The Balaban J connectivity index is 2.23. The lowest BCUT2D eigenvalue weighted by Crippen LogP contribution is -2.12. The van der Waals surface area contributed by atoms with Crippen LogP contribution in [0, 0.1) is 0 Å². The third kappa shape index (κ3) is 3.52. The van der Waals surface area contributed by atoms with Crippen LogP contribution in [-0.2, 0) is 0 Å². The van der Waals surface area contributed by atoms with Crippen molar-refractivity contribution in [2.45, 2.75) is 0 Å². The number of methoxy groups -OCH3 is 1. The molecule has 0 radical (unpaired) electrons. The van der Waals surface area contributed by atoms with Crippen molar-refractivity contribution in [3.8, 4) is 5.75 Å². The fourth-order valence-corrected chi connectivity index (χ4v) is 2.48. The molecule has 0 saturated heterocycles. The molecule has 104 valence electrons. The van der Waals surface area contributed by atoms with E-state index in [1.807, 2.05) is 6.07 Å². The monoisotopic (exact) mass is 398 g/mol. The number of amides is 1. The lowest BCUT2D eigenvalue weighted by atomic mass is 10.2. The topological polar surface area (TPSA) is 64.3 Å². The highest BCUT2D eigenvalue weighted by Crippen LogP contribution is 2.25. The number of carbonyl (C=O) groups is 1. The number of hydrogen-bond donors (Lipinski definition) is 2. The van der Waals surface area contributed by atoms with Gasteiger partial charge >= 0.3 is 0 Å². The van der Waals surface area contributed by atoms with Crippen LogP contribution in [0.2, 0.25) is 0 Å². The van der Waals surface area contributed by atoms with Crippen LogP contribution in [0.4, 0.5) is 11.4 Å². The Labute approximate surface area is 133 Å². The van der Waals surface area contributed by atoms with E-state index in [9.17, 15) is 4.79 Å². The zero-order valence-corrected chi connectivity index (χ0v) is 13.8. The summed E-state index contributed by atoms with van der Waals surface area (Å²) in [6.07, 6.45) is 0. The van der Waals surface area contributed by atoms with Gasteiger partial charge in [0, 0.05) is 32.0 Å². The van der Waals surface area contributed by atoms with E-state index in [2.05, 4.69) is 37.2 Å². The molecular weight excluding hydrogens is 388 g/mol. The van der Waals surface area contributed by atoms with E-state index in [4.69, 9.17) is 10.5 Å². The van der Waals surface area contributed by atoms with Gasteiger partial charge < -0.3 is 15.8 Å². The second kappa shape index (κ2) is 6.28. The number of benzene rings is 2. The highest BCUT2D eigenvalue weighted by Gasteiger charge is 2.09. The molecule has 2 rings (SSSR count). The van der Waals surface area contributed by atoms with E-state index < -0.39 is 0 Å². The normalized spacial score (nSPS) is 10.2. The number of nitrogens with two attached hydrogens (primary N) is 1. The van der Waals surface area contributed by atoms with Gasteiger partial charge in [0.1, 0.15) is 5.75 Å². The second-order valence-electron chi connectivity index (χ2n) is 4.07. The Morgan fingerprint density at radius 3 is 2.60 bits per heavy atom. The molecule has 2 aromatic carbocycles. The van der Waals surface area contributed by atoms with E-state index >= 15 is 0 Å². The summed E-state index contributed by atoms with van der Waals surface area (Å²) in [6.45, 7) is 0. The number of anilines is 2. The van der Waals surface area contributed by atoms with Crippen LogP contribution in [0.1, 0.15) is 10.4 Å². The SMILES string of the molecule is COc1cc(Br)cc(NC(=O)c2ccc(N)c(Br)c2)c1. The number of rotatable bonds is 3. The average molecular weight is 400 g/mol. The first kappa shape index (κ1) is 14.9. The van der Waals surface area contributed by atoms with Crippen LogP contribution in [0.25, 0.3) is 0 Å². The van der Waals surface area contributed by atoms with E-state index in [-0.39, 0.29) is 5.91 Å². The largest absolute Gasteiger partial charge is 0.497 e. The second-order valence-corrected chi connectivity index (χ2v) is 5.84. The van der Waals surface area contributed by atoms with E-state index in [0.29, 0.717) is 27.2 Å². The van der Waals surface area contributed by atoms with Gasteiger partial charge in [-0.2, -0.15) is 0 Å². The molecule has 3 N–H and O–H groups in total. The number of nitrogens with one attached hydrogen (secondary N) is 1. The first-order chi connectivity index (χ1) is 9.49. The van der Waals surface area contributed by atoms with Gasteiger partial charge in [0.2, 0.25) is 0 Å².